The van der Waals surface area contributed by atoms with Crippen LogP contribution >= 0.6 is 0 Å². The van der Waals surface area contributed by atoms with Gasteiger partial charge in [0.15, 0.2) is 5.82 Å². The van der Waals surface area contributed by atoms with Gasteiger partial charge < -0.3 is 5.11 Å². The van der Waals surface area contributed by atoms with Crippen molar-refractivity contribution in [1.82, 2.24) is 20.2 Å². The minimum atomic E-state index is -0.924. The maximum Gasteiger partial charge on any atom is 0.328 e. The van der Waals surface area contributed by atoms with Gasteiger partial charge in [0.2, 0.25) is 0 Å². The van der Waals surface area contributed by atoms with Crippen molar-refractivity contribution in [3.05, 3.63) is 5.82 Å². The molecule has 2 atom stereocenters. The Bertz CT molecular complexity index is 408. The van der Waals surface area contributed by atoms with Gasteiger partial charge in [-0.2, -0.15) is 0 Å². The zero-order valence-corrected chi connectivity index (χ0v) is 11.7. The first-order valence-electron chi connectivity index (χ1n) is 6.20. The first-order valence-corrected chi connectivity index (χ1v) is 6.20. The van der Waals surface area contributed by atoms with Crippen LogP contribution in [0, 0.1) is 11.3 Å². The van der Waals surface area contributed by atoms with Crippen molar-refractivity contribution in [2.75, 3.05) is 0 Å². The molecule has 0 radical (unpaired) electrons. The quantitative estimate of drug-likeness (QED) is 0.868. The molecule has 0 spiro atoms. The van der Waals surface area contributed by atoms with Gasteiger partial charge in [0.1, 0.15) is 6.04 Å². The highest BCUT2D eigenvalue weighted by Crippen LogP contribution is 2.26. The van der Waals surface area contributed by atoms with Crippen LogP contribution in [0.15, 0.2) is 0 Å². The Morgan fingerprint density at radius 2 is 2.00 bits per heavy atom. The first-order chi connectivity index (χ1) is 8.20. The van der Waals surface area contributed by atoms with Crippen molar-refractivity contribution in [1.29, 1.82) is 0 Å². The van der Waals surface area contributed by atoms with E-state index in [-0.39, 0.29) is 5.41 Å². The maximum atomic E-state index is 10.9. The highest BCUT2D eigenvalue weighted by atomic mass is 16.4. The van der Waals surface area contributed by atoms with Gasteiger partial charge in [-0.1, -0.05) is 27.7 Å². The Labute approximate surface area is 107 Å². The van der Waals surface area contributed by atoms with Crippen LogP contribution in [0.5, 0.6) is 0 Å². The van der Waals surface area contributed by atoms with Gasteiger partial charge in [-0.05, 0) is 35.1 Å². The van der Waals surface area contributed by atoms with Crippen molar-refractivity contribution >= 4 is 5.97 Å². The number of hydrogen-bond acceptors (Lipinski definition) is 4. The largest absolute Gasteiger partial charge is 0.480 e. The zero-order chi connectivity index (χ0) is 13.9. The molecule has 0 aliphatic rings. The number of tetrazole rings is 1. The predicted octanol–water partition coefficient (Wildman–Crippen LogP) is 1.93. The second-order valence-corrected chi connectivity index (χ2v) is 6.13. The van der Waals surface area contributed by atoms with Crippen molar-refractivity contribution in [2.24, 2.45) is 11.3 Å². The highest BCUT2D eigenvalue weighted by molar-refractivity contribution is 5.71. The molecule has 1 N–H and O–H groups in total. The van der Waals surface area contributed by atoms with E-state index in [1.54, 1.807) is 6.92 Å². The standard InChI is InChI=1S/C12H22N4O2/c1-8(7-12(3,4)5)6-10-13-14-15-16(10)9(2)11(17)18/h8-9H,6-7H2,1-5H3,(H,17,18). The van der Waals surface area contributed by atoms with Crippen LogP contribution in [0.4, 0.5) is 0 Å². The van der Waals surface area contributed by atoms with Crippen LogP contribution in [0.1, 0.15) is 52.9 Å². The van der Waals surface area contributed by atoms with Crippen molar-refractivity contribution < 1.29 is 9.90 Å². The second kappa shape index (κ2) is 5.46. The molecule has 0 saturated carbocycles. The zero-order valence-electron chi connectivity index (χ0n) is 11.7. The van der Waals surface area contributed by atoms with Gasteiger partial charge in [0.05, 0.1) is 0 Å². The first kappa shape index (κ1) is 14.6. The van der Waals surface area contributed by atoms with Gasteiger partial charge in [0, 0.05) is 6.42 Å². The molecule has 0 saturated heterocycles. The molecular formula is C12H22N4O2. The minimum absolute atomic E-state index is 0.246. The molecule has 6 nitrogen and oxygen atoms in total. The van der Waals surface area contributed by atoms with E-state index < -0.39 is 12.0 Å². The fourth-order valence-corrected chi connectivity index (χ4v) is 2.18. The van der Waals surface area contributed by atoms with Gasteiger partial charge in [0.25, 0.3) is 0 Å². The Morgan fingerprint density at radius 1 is 1.39 bits per heavy atom. The lowest BCUT2D eigenvalue weighted by atomic mass is 9.84. The average Bonchev–Trinajstić information content (AvgIpc) is 2.61. The van der Waals surface area contributed by atoms with Crippen molar-refractivity contribution in [2.45, 2.75) is 53.5 Å². The molecule has 0 fully saturated rings. The highest BCUT2D eigenvalue weighted by Gasteiger charge is 2.22. The number of aromatic nitrogens is 4. The van der Waals surface area contributed by atoms with E-state index in [2.05, 4.69) is 43.2 Å². The van der Waals surface area contributed by atoms with Crippen LogP contribution in [0.25, 0.3) is 0 Å². The Kier molecular flexibility index (Phi) is 4.43. The molecule has 102 valence electrons. The number of aliphatic carboxylic acids is 1. The van der Waals surface area contributed by atoms with E-state index in [1.807, 2.05) is 0 Å². The summed E-state index contributed by atoms with van der Waals surface area (Å²) >= 11 is 0. The molecule has 18 heavy (non-hydrogen) atoms. The summed E-state index contributed by atoms with van der Waals surface area (Å²) in [4.78, 5) is 10.9. The molecule has 1 rings (SSSR count). The van der Waals surface area contributed by atoms with Crippen molar-refractivity contribution in [3.63, 3.8) is 0 Å². The average molecular weight is 254 g/mol. The van der Waals surface area contributed by atoms with E-state index in [9.17, 15) is 4.79 Å². The summed E-state index contributed by atoms with van der Waals surface area (Å²) in [5, 5.41) is 20.2. The Morgan fingerprint density at radius 3 is 2.50 bits per heavy atom. The van der Waals surface area contributed by atoms with Crippen LogP contribution in [0.3, 0.4) is 0 Å². The molecule has 0 bridgehead atoms. The summed E-state index contributed by atoms with van der Waals surface area (Å²) in [6, 6.07) is -0.725. The Hall–Kier alpha value is -1.46. The molecule has 0 aliphatic carbocycles. The summed E-state index contributed by atoms with van der Waals surface area (Å²) in [7, 11) is 0. The summed E-state index contributed by atoms with van der Waals surface area (Å²) in [6.45, 7) is 10.3. The van der Waals surface area contributed by atoms with E-state index in [1.165, 1.54) is 4.68 Å². The van der Waals surface area contributed by atoms with E-state index in [4.69, 9.17) is 5.11 Å². The third-order valence-corrected chi connectivity index (χ3v) is 2.78. The molecular weight excluding hydrogens is 232 g/mol. The molecule has 0 amide bonds. The molecule has 0 aliphatic heterocycles. The fraction of sp³-hybridized carbons (Fsp3) is 0.833. The molecule has 0 aromatic carbocycles. The number of carbonyl (C=O) groups is 1. The summed E-state index contributed by atoms with van der Waals surface area (Å²) in [6.07, 6.45) is 1.74. The monoisotopic (exact) mass is 254 g/mol. The fourth-order valence-electron chi connectivity index (χ4n) is 2.18. The number of carboxylic acids is 1. The molecule has 1 aromatic rings. The SMILES string of the molecule is CC(Cc1nnnn1C(C)C(=O)O)CC(C)(C)C. The number of nitrogens with zero attached hydrogens (tertiary/aromatic N) is 4. The number of carboxylic acid groups (broad SMARTS) is 1. The van der Waals surface area contributed by atoms with Crippen LogP contribution < -0.4 is 0 Å². The van der Waals surface area contributed by atoms with Crippen molar-refractivity contribution in [3.8, 4) is 0 Å². The molecule has 6 heteroatoms. The van der Waals surface area contributed by atoms with Gasteiger partial charge in [-0.15, -0.1) is 5.10 Å². The smallest absolute Gasteiger partial charge is 0.328 e. The normalized spacial score (nSPS) is 15.4. The third kappa shape index (κ3) is 4.09. The van der Waals surface area contributed by atoms with E-state index in [0.717, 1.165) is 6.42 Å². The molecule has 1 heterocycles. The summed E-state index contributed by atoms with van der Waals surface area (Å²) < 4.78 is 1.39. The number of rotatable bonds is 5. The van der Waals surface area contributed by atoms with Gasteiger partial charge in [-0.25, -0.2) is 9.48 Å². The lowest BCUT2D eigenvalue weighted by Gasteiger charge is -2.23. The molecule has 2 unspecified atom stereocenters. The Balaban J connectivity index is 2.74. The lowest BCUT2D eigenvalue weighted by Crippen LogP contribution is -2.21. The van der Waals surface area contributed by atoms with Crippen LogP contribution in [-0.4, -0.2) is 31.3 Å². The predicted molar refractivity (Wildman–Crippen MR) is 67.1 cm³/mol. The maximum absolute atomic E-state index is 10.9. The summed E-state index contributed by atoms with van der Waals surface area (Å²) in [5.41, 5.74) is 0.246. The van der Waals surface area contributed by atoms with E-state index >= 15 is 0 Å². The lowest BCUT2D eigenvalue weighted by molar-refractivity contribution is -0.140. The van der Waals surface area contributed by atoms with E-state index in [0.29, 0.717) is 18.2 Å². The number of hydrogen-bond donors (Lipinski definition) is 1. The third-order valence-electron chi connectivity index (χ3n) is 2.78. The van der Waals surface area contributed by atoms with Crippen LogP contribution in [-0.2, 0) is 11.2 Å². The van der Waals surface area contributed by atoms with Gasteiger partial charge in [-0.3, -0.25) is 0 Å². The van der Waals surface area contributed by atoms with Crippen LogP contribution in [0.2, 0.25) is 0 Å². The van der Waals surface area contributed by atoms with Gasteiger partial charge >= 0.3 is 5.97 Å². The summed E-state index contributed by atoms with van der Waals surface area (Å²) in [5.74, 6) is 0.129. The molecule has 1 aromatic heterocycles. The topological polar surface area (TPSA) is 80.9 Å². The minimum Gasteiger partial charge on any atom is -0.480 e. The second-order valence-electron chi connectivity index (χ2n) is 6.13.